The third-order valence-electron chi connectivity index (χ3n) is 16.0. The molecule has 2 nitrogen and oxygen atoms in total. The van der Waals surface area contributed by atoms with Crippen LogP contribution in [0, 0.1) is 0 Å². The van der Waals surface area contributed by atoms with Crippen LogP contribution >= 0.6 is 0 Å². The zero-order chi connectivity index (χ0) is 48.4. The lowest BCUT2D eigenvalue weighted by Crippen LogP contribution is -1.94. The molecule has 0 amide bonds. The lowest BCUT2D eigenvalue weighted by atomic mass is 9.83. The predicted octanol–water partition coefficient (Wildman–Crippen LogP) is 20.1. The summed E-state index contributed by atoms with van der Waals surface area (Å²) in [4.78, 5) is 0. The van der Waals surface area contributed by atoms with Gasteiger partial charge in [-0.2, -0.15) is 0 Å². The SMILES string of the molecule is c1ccc(-n2c3ccccc3c3cc(-c4cccc(-c5ccc6oc7ccccc7c6c5)c4-c4ccc(-c5c6ccccc6c(-c6ccc7c8c(cccc68)-c6ccccc6-7)c6ccccc56)cc4)ccc32)cc1. The smallest absolute Gasteiger partial charge is 0.135 e. The summed E-state index contributed by atoms with van der Waals surface area (Å²) in [6.07, 6.45) is 0. The van der Waals surface area contributed by atoms with E-state index >= 15 is 0 Å². The van der Waals surface area contributed by atoms with Crippen LogP contribution in [0.15, 0.2) is 265 Å². The number of nitrogens with zero attached hydrogens (tertiary/aromatic N) is 1. The quantitative estimate of drug-likeness (QED) is 0.152. The average molecular weight is 938 g/mol. The summed E-state index contributed by atoms with van der Waals surface area (Å²) < 4.78 is 8.74. The molecule has 13 aromatic carbocycles. The molecule has 0 atom stereocenters. The minimum absolute atomic E-state index is 0.891. The molecule has 16 rings (SSSR count). The number of hydrogen-bond acceptors (Lipinski definition) is 1. The van der Waals surface area contributed by atoms with Crippen LogP contribution in [0.5, 0.6) is 0 Å². The average Bonchev–Trinajstić information content (AvgIpc) is 4.13. The minimum Gasteiger partial charge on any atom is -0.456 e. The van der Waals surface area contributed by atoms with Crippen molar-refractivity contribution in [1.82, 2.24) is 4.57 Å². The fourth-order valence-electron chi connectivity index (χ4n) is 12.8. The Morgan fingerprint density at radius 3 is 1.41 bits per heavy atom. The van der Waals surface area contributed by atoms with Crippen LogP contribution in [0.25, 0.3) is 160 Å². The first-order valence-electron chi connectivity index (χ1n) is 25.6. The van der Waals surface area contributed by atoms with E-state index in [1.54, 1.807) is 0 Å². The molecule has 342 valence electrons. The van der Waals surface area contributed by atoms with Gasteiger partial charge in [-0.05, 0) is 159 Å². The van der Waals surface area contributed by atoms with Crippen LogP contribution in [0.4, 0.5) is 0 Å². The summed E-state index contributed by atoms with van der Waals surface area (Å²) >= 11 is 0. The van der Waals surface area contributed by atoms with Crippen LogP contribution in [0.3, 0.4) is 0 Å². The van der Waals surface area contributed by atoms with Crippen molar-refractivity contribution in [2.45, 2.75) is 0 Å². The van der Waals surface area contributed by atoms with E-state index in [1.807, 2.05) is 6.07 Å². The van der Waals surface area contributed by atoms with Crippen molar-refractivity contribution in [2.24, 2.45) is 0 Å². The Bertz CT molecular complexity index is 4730. The lowest BCUT2D eigenvalue weighted by Gasteiger charge is -2.20. The van der Waals surface area contributed by atoms with E-state index in [2.05, 4.69) is 259 Å². The highest BCUT2D eigenvalue weighted by molar-refractivity contribution is 6.26. The van der Waals surface area contributed by atoms with Gasteiger partial charge in [-0.1, -0.05) is 212 Å². The summed E-state index contributed by atoms with van der Waals surface area (Å²) in [5.41, 5.74) is 22.6. The van der Waals surface area contributed by atoms with Crippen LogP contribution in [0.2, 0.25) is 0 Å². The second-order valence-corrected chi connectivity index (χ2v) is 19.8. The molecule has 0 unspecified atom stereocenters. The van der Waals surface area contributed by atoms with E-state index in [0.717, 1.165) is 38.8 Å². The molecule has 74 heavy (non-hydrogen) atoms. The van der Waals surface area contributed by atoms with Gasteiger partial charge in [-0.3, -0.25) is 0 Å². The van der Waals surface area contributed by atoms with Gasteiger partial charge in [0.1, 0.15) is 11.2 Å². The van der Waals surface area contributed by atoms with E-state index in [1.165, 1.54) is 121 Å². The second kappa shape index (κ2) is 15.9. The molecule has 0 saturated carbocycles. The highest BCUT2D eigenvalue weighted by Crippen LogP contribution is 2.52. The monoisotopic (exact) mass is 937 g/mol. The van der Waals surface area contributed by atoms with Gasteiger partial charge in [0.25, 0.3) is 0 Å². The Morgan fingerprint density at radius 1 is 0.230 bits per heavy atom. The maximum atomic E-state index is 6.35. The molecular formula is C72H43NO. The second-order valence-electron chi connectivity index (χ2n) is 19.8. The Balaban J connectivity index is 0.897. The maximum absolute atomic E-state index is 6.35. The normalized spacial score (nSPS) is 12.1. The number of para-hydroxylation sites is 3. The van der Waals surface area contributed by atoms with Crippen molar-refractivity contribution in [3.05, 3.63) is 261 Å². The van der Waals surface area contributed by atoms with Crippen molar-refractivity contribution in [3.63, 3.8) is 0 Å². The summed E-state index contributed by atoms with van der Waals surface area (Å²) in [5, 5.41) is 12.3. The molecule has 0 bridgehead atoms. The van der Waals surface area contributed by atoms with Crippen LogP contribution in [-0.4, -0.2) is 4.57 Å². The topological polar surface area (TPSA) is 18.1 Å². The predicted molar refractivity (Wildman–Crippen MR) is 312 cm³/mol. The van der Waals surface area contributed by atoms with Crippen LogP contribution < -0.4 is 0 Å². The summed E-state index contributed by atoms with van der Waals surface area (Å²) in [6.45, 7) is 0. The maximum Gasteiger partial charge on any atom is 0.135 e. The molecule has 1 aliphatic rings. The van der Waals surface area contributed by atoms with Gasteiger partial charge in [0.05, 0.1) is 11.0 Å². The molecule has 15 aromatic rings. The van der Waals surface area contributed by atoms with Crippen molar-refractivity contribution >= 4 is 76.1 Å². The zero-order valence-electron chi connectivity index (χ0n) is 40.2. The highest BCUT2D eigenvalue weighted by Gasteiger charge is 2.25. The largest absolute Gasteiger partial charge is 0.456 e. The Hall–Kier alpha value is -9.76. The third kappa shape index (κ3) is 5.94. The lowest BCUT2D eigenvalue weighted by molar-refractivity contribution is 0.669. The summed E-state index contributed by atoms with van der Waals surface area (Å²) in [5.74, 6) is 0. The van der Waals surface area contributed by atoms with Gasteiger partial charge in [-0.15, -0.1) is 0 Å². The fraction of sp³-hybridized carbons (Fsp3) is 0. The first-order chi connectivity index (χ1) is 36.7. The number of aromatic nitrogens is 1. The standard InChI is InChI=1S/C72H43NO/c1-2-16-48(17-3-1)73-65-30-12-10-20-53(65)63-42-46(36-40-66(63)73)49-26-14-27-50(47-37-41-68-64(43-47)54-21-11-13-31-67(54)74-68)69(49)44-32-34-45(35-33-44)70-56-22-6-8-24-58(56)72(59-25-9-7-23-57(59)70)62-39-38-61-52-19-5-4-18-51(52)55-28-15-29-60(62)71(55)61/h1-43H. The molecule has 1 aliphatic carbocycles. The third-order valence-corrected chi connectivity index (χ3v) is 16.0. The van der Waals surface area contributed by atoms with Crippen LogP contribution in [-0.2, 0) is 0 Å². The van der Waals surface area contributed by atoms with Gasteiger partial charge in [0.15, 0.2) is 0 Å². The first-order valence-corrected chi connectivity index (χ1v) is 25.6. The number of rotatable bonds is 6. The summed E-state index contributed by atoms with van der Waals surface area (Å²) in [6, 6.07) is 96.2. The van der Waals surface area contributed by atoms with Gasteiger partial charge in [-0.25, -0.2) is 0 Å². The molecule has 0 fully saturated rings. The van der Waals surface area contributed by atoms with Crippen molar-refractivity contribution in [2.75, 3.05) is 0 Å². The Labute approximate surface area is 427 Å². The Kier molecular flexibility index (Phi) is 8.78. The Morgan fingerprint density at radius 2 is 0.689 bits per heavy atom. The van der Waals surface area contributed by atoms with Gasteiger partial charge in [0, 0.05) is 27.2 Å². The molecule has 0 radical (unpaired) electrons. The molecule has 0 spiro atoms. The van der Waals surface area contributed by atoms with E-state index in [-0.39, 0.29) is 0 Å². The molecule has 2 heteroatoms. The van der Waals surface area contributed by atoms with E-state index in [4.69, 9.17) is 4.42 Å². The van der Waals surface area contributed by atoms with E-state index in [0.29, 0.717) is 0 Å². The fourth-order valence-corrected chi connectivity index (χ4v) is 12.8. The first kappa shape index (κ1) is 40.9. The molecule has 0 saturated heterocycles. The van der Waals surface area contributed by atoms with Crippen molar-refractivity contribution in [3.8, 4) is 83.6 Å². The van der Waals surface area contributed by atoms with E-state index in [9.17, 15) is 0 Å². The van der Waals surface area contributed by atoms with Gasteiger partial charge < -0.3 is 8.98 Å². The zero-order valence-corrected chi connectivity index (χ0v) is 40.2. The van der Waals surface area contributed by atoms with Crippen molar-refractivity contribution in [1.29, 1.82) is 0 Å². The van der Waals surface area contributed by atoms with Gasteiger partial charge >= 0.3 is 0 Å². The van der Waals surface area contributed by atoms with E-state index < -0.39 is 0 Å². The highest BCUT2D eigenvalue weighted by atomic mass is 16.3. The molecule has 0 aliphatic heterocycles. The number of benzene rings is 13. The molecule has 2 aromatic heterocycles. The van der Waals surface area contributed by atoms with Crippen molar-refractivity contribution < 1.29 is 4.42 Å². The summed E-state index contributed by atoms with van der Waals surface area (Å²) in [7, 11) is 0. The van der Waals surface area contributed by atoms with Gasteiger partial charge in [0.2, 0.25) is 0 Å². The number of fused-ring (bicyclic) bond motifs is 11. The van der Waals surface area contributed by atoms with Crippen LogP contribution in [0.1, 0.15) is 0 Å². The number of hydrogen-bond donors (Lipinski definition) is 0. The molecular weight excluding hydrogens is 895 g/mol. The molecule has 2 heterocycles. The number of furan rings is 1. The molecule has 0 N–H and O–H groups in total. The minimum atomic E-state index is 0.891.